The first-order valence-electron chi connectivity index (χ1n) is 8.02. The number of hydrogen-bond acceptors (Lipinski definition) is 2. The van der Waals surface area contributed by atoms with Crippen LogP contribution in [-0.2, 0) is 15.0 Å². The van der Waals surface area contributed by atoms with Gasteiger partial charge < -0.3 is 10.6 Å². The third kappa shape index (κ3) is 3.82. The van der Waals surface area contributed by atoms with Crippen molar-refractivity contribution in [2.45, 2.75) is 25.2 Å². The summed E-state index contributed by atoms with van der Waals surface area (Å²) in [6.07, 6.45) is 1.79. The maximum absolute atomic E-state index is 13.1. The van der Waals surface area contributed by atoms with Gasteiger partial charge in [0.25, 0.3) is 0 Å². The Kier molecular flexibility index (Phi) is 4.77. The summed E-state index contributed by atoms with van der Waals surface area (Å²) in [5.74, 6) is -1.73. The van der Waals surface area contributed by atoms with Crippen LogP contribution in [0, 0.1) is 12.7 Å². The van der Waals surface area contributed by atoms with E-state index in [4.69, 9.17) is 11.6 Å². The van der Waals surface area contributed by atoms with Gasteiger partial charge in [-0.25, -0.2) is 4.39 Å². The number of hydrogen-bond donors (Lipinski definition) is 2. The molecule has 25 heavy (non-hydrogen) atoms. The molecule has 0 radical (unpaired) electrons. The molecule has 0 heterocycles. The van der Waals surface area contributed by atoms with Crippen molar-refractivity contribution >= 4 is 29.1 Å². The number of anilines is 1. The van der Waals surface area contributed by atoms with Gasteiger partial charge in [0.05, 0.1) is 0 Å². The lowest BCUT2D eigenvalue weighted by atomic mass is 9.96. The first-order chi connectivity index (χ1) is 11.9. The molecule has 2 aromatic rings. The van der Waals surface area contributed by atoms with Crippen molar-refractivity contribution in [3.63, 3.8) is 0 Å². The monoisotopic (exact) mass is 360 g/mol. The van der Waals surface area contributed by atoms with Gasteiger partial charge >= 0.3 is 11.8 Å². The molecule has 6 heteroatoms. The molecule has 130 valence electrons. The Morgan fingerprint density at radius 1 is 1.12 bits per heavy atom. The van der Waals surface area contributed by atoms with E-state index in [-0.39, 0.29) is 11.2 Å². The molecule has 0 unspecified atom stereocenters. The number of carbonyl (C=O) groups is 2. The van der Waals surface area contributed by atoms with Crippen LogP contribution in [0.4, 0.5) is 10.1 Å². The highest BCUT2D eigenvalue weighted by Gasteiger charge is 2.44. The Balaban J connectivity index is 1.60. The molecule has 2 N–H and O–H groups in total. The van der Waals surface area contributed by atoms with E-state index in [0.29, 0.717) is 22.8 Å². The number of nitrogens with one attached hydrogen (secondary N) is 2. The maximum atomic E-state index is 13.1. The van der Waals surface area contributed by atoms with Gasteiger partial charge in [0, 0.05) is 22.7 Å². The summed E-state index contributed by atoms with van der Waals surface area (Å²) in [5.41, 5.74) is 1.98. The highest BCUT2D eigenvalue weighted by molar-refractivity contribution is 6.40. The van der Waals surface area contributed by atoms with Crippen molar-refractivity contribution in [1.29, 1.82) is 0 Å². The van der Waals surface area contributed by atoms with Crippen LogP contribution in [0.15, 0.2) is 42.5 Å². The van der Waals surface area contributed by atoms with Crippen LogP contribution in [0.5, 0.6) is 0 Å². The van der Waals surface area contributed by atoms with E-state index in [9.17, 15) is 14.0 Å². The zero-order valence-electron chi connectivity index (χ0n) is 13.7. The van der Waals surface area contributed by atoms with Gasteiger partial charge in [-0.1, -0.05) is 29.8 Å². The minimum Gasteiger partial charge on any atom is -0.347 e. The van der Waals surface area contributed by atoms with E-state index in [0.717, 1.165) is 18.4 Å². The topological polar surface area (TPSA) is 58.2 Å². The van der Waals surface area contributed by atoms with E-state index < -0.39 is 11.8 Å². The zero-order chi connectivity index (χ0) is 18.0. The van der Waals surface area contributed by atoms with Crippen LogP contribution in [0.2, 0.25) is 5.02 Å². The van der Waals surface area contributed by atoms with E-state index >= 15 is 0 Å². The van der Waals surface area contributed by atoms with Crippen LogP contribution in [0.25, 0.3) is 0 Å². The van der Waals surface area contributed by atoms with Crippen LogP contribution >= 0.6 is 11.6 Å². The fraction of sp³-hybridized carbons (Fsp3) is 0.263. The average molecular weight is 361 g/mol. The molecular weight excluding hydrogens is 343 g/mol. The Morgan fingerprint density at radius 3 is 2.44 bits per heavy atom. The van der Waals surface area contributed by atoms with E-state index in [1.54, 1.807) is 37.3 Å². The largest absolute Gasteiger partial charge is 0.347 e. The molecule has 4 nitrogen and oxygen atoms in total. The van der Waals surface area contributed by atoms with Crippen LogP contribution in [0.1, 0.15) is 24.0 Å². The standard InChI is InChI=1S/C19H18ClFN2O2/c1-12-15(20)3-2-4-16(12)23-18(25)17(24)22-11-19(9-10-19)13-5-7-14(21)8-6-13/h2-8H,9-11H2,1H3,(H,22,24)(H,23,25). The van der Waals surface area contributed by atoms with E-state index in [1.807, 2.05) is 0 Å². The minimum absolute atomic E-state index is 0.199. The van der Waals surface area contributed by atoms with E-state index in [2.05, 4.69) is 10.6 Å². The molecular formula is C19H18ClFN2O2. The van der Waals surface area contributed by atoms with Crippen molar-refractivity contribution in [3.05, 3.63) is 64.4 Å². The minimum atomic E-state index is -0.736. The number of amides is 2. The first-order valence-corrected chi connectivity index (χ1v) is 8.39. The molecule has 1 fully saturated rings. The summed E-state index contributed by atoms with van der Waals surface area (Å²) in [7, 11) is 0. The maximum Gasteiger partial charge on any atom is 0.313 e. The third-order valence-corrected chi connectivity index (χ3v) is 5.03. The zero-order valence-corrected chi connectivity index (χ0v) is 14.5. The summed E-state index contributed by atoms with van der Waals surface area (Å²) in [6.45, 7) is 2.11. The smallest absolute Gasteiger partial charge is 0.313 e. The second-order valence-corrected chi connectivity index (χ2v) is 6.74. The van der Waals surface area contributed by atoms with Crippen LogP contribution in [-0.4, -0.2) is 18.4 Å². The van der Waals surface area contributed by atoms with Gasteiger partial charge in [0.2, 0.25) is 0 Å². The van der Waals surface area contributed by atoms with Gasteiger partial charge in [-0.15, -0.1) is 0 Å². The highest BCUT2D eigenvalue weighted by atomic mass is 35.5. The fourth-order valence-electron chi connectivity index (χ4n) is 2.77. The Morgan fingerprint density at radius 2 is 1.80 bits per heavy atom. The quantitative estimate of drug-likeness (QED) is 0.819. The molecule has 1 saturated carbocycles. The molecule has 0 bridgehead atoms. The molecule has 0 atom stereocenters. The Bertz CT molecular complexity index is 817. The fourth-order valence-corrected chi connectivity index (χ4v) is 2.95. The van der Waals surface area contributed by atoms with Crippen molar-refractivity contribution in [2.24, 2.45) is 0 Å². The molecule has 0 saturated heterocycles. The van der Waals surface area contributed by atoms with Crippen molar-refractivity contribution < 1.29 is 14.0 Å². The lowest BCUT2D eigenvalue weighted by Crippen LogP contribution is -2.39. The predicted octanol–water partition coefficient (Wildman–Crippen LogP) is 3.57. The molecule has 1 aliphatic carbocycles. The van der Waals surface area contributed by atoms with Gasteiger partial charge in [0.15, 0.2) is 0 Å². The predicted molar refractivity (Wildman–Crippen MR) is 95.1 cm³/mol. The SMILES string of the molecule is Cc1c(Cl)cccc1NC(=O)C(=O)NCC1(c2ccc(F)cc2)CC1. The highest BCUT2D eigenvalue weighted by Crippen LogP contribution is 2.47. The lowest BCUT2D eigenvalue weighted by molar-refractivity contribution is -0.136. The summed E-state index contributed by atoms with van der Waals surface area (Å²) < 4.78 is 13.1. The Hall–Kier alpha value is -2.40. The van der Waals surface area contributed by atoms with Gasteiger partial charge in [-0.05, 0) is 55.2 Å². The van der Waals surface area contributed by atoms with Crippen molar-refractivity contribution in [2.75, 3.05) is 11.9 Å². The summed E-state index contributed by atoms with van der Waals surface area (Å²) >= 11 is 6.01. The number of halogens is 2. The van der Waals surface area contributed by atoms with Crippen molar-refractivity contribution in [1.82, 2.24) is 5.32 Å². The second kappa shape index (κ2) is 6.84. The average Bonchev–Trinajstić information content (AvgIpc) is 3.38. The lowest BCUT2D eigenvalue weighted by Gasteiger charge is -2.16. The third-order valence-electron chi connectivity index (χ3n) is 4.62. The molecule has 0 aliphatic heterocycles. The van der Waals surface area contributed by atoms with Gasteiger partial charge in [-0.3, -0.25) is 9.59 Å². The summed E-state index contributed by atoms with van der Waals surface area (Å²) in [5, 5.41) is 5.76. The van der Waals surface area contributed by atoms with E-state index in [1.165, 1.54) is 12.1 Å². The molecule has 2 aromatic carbocycles. The number of carbonyl (C=O) groups excluding carboxylic acids is 2. The molecule has 0 aromatic heterocycles. The molecule has 0 spiro atoms. The first kappa shape index (κ1) is 17.4. The second-order valence-electron chi connectivity index (χ2n) is 6.34. The van der Waals surface area contributed by atoms with Crippen LogP contribution < -0.4 is 10.6 Å². The van der Waals surface area contributed by atoms with Gasteiger partial charge in [0.1, 0.15) is 5.82 Å². The Labute approximate surface area is 150 Å². The number of rotatable bonds is 4. The van der Waals surface area contributed by atoms with Gasteiger partial charge in [-0.2, -0.15) is 0 Å². The molecule has 2 amide bonds. The normalized spacial score (nSPS) is 14.7. The molecule has 3 rings (SSSR count). The van der Waals surface area contributed by atoms with Crippen LogP contribution in [0.3, 0.4) is 0 Å². The molecule has 1 aliphatic rings. The summed E-state index contributed by atoms with van der Waals surface area (Å²) in [4.78, 5) is 24.2. The van der Waals surface area contributed by atoms with Crippen molar-refractivity contribution in [3.8, 4) is 0 Å². The summed E-state index contributed by atoms with van der Waals surface area (Å²) in [6, 6.07) is 11.4. The number of benzene rings is 2.